The smallest absolute Gasteiger partial charge is 0.241 e. The van der Waals surface area contributed by atoms with Crippen molar-refractivity contribution in [2.75, 3.05) is 32.7 Å². The normalized spacial score (nSPS) is 20.4. The predicted octanol–water partition coefficient (Wildman–Crippen LogP) is 3.59. The van der Waals surface area contributed by atoms with Crippen LogP contribution in [0.3, 0.4) is 0 Å². The van der Waals surface area contributed by atoms with Crippen molar-refractivity contribution in [3.8, 4) is 0 Å². The van der Waals surface area contributed by atoms with Gasteiger partial charge in [0.2, 0.25) is 10.0 Å². The van der Waals surface area contributed by atoms with Crippen molar-refractivity contribution in [3.63, 3.8) is 0 Å². The molecule has 5 rings (SSSR count). The third kappa shape index (κ3) is 4.22. The number of hydrogen-bond acceptors (Lipinski definition) is 4. The van der Waals surface area contributed by atoms with Crippen LogP contribution in [0.5, 0.6) is 0 Å². The molecule has 8 heteroatoms. The number of piperazine rings is 1. The zero-order valence-corrected chi connectivity index (χ0v) is 20.5. The lowest BCUT2D eigenvalue weighted by Crippen LogP contribution is -2.53. The number of benzene rings is 3. The standard InChI is InChI=1S/C26H28N4O2S2/c1-2-14-27-26(33)30-17-15-29(16-18-30)25-22-13-7-9-19-8-6-12-21(23(19)22)24(25)28-34(31,32)20-10-4-3-5-11-20/h2-13,24-25,28H,1,14-18H2,(H,27,33)/t24-,25-/m0/s1. The largest absolute Gasteiger partial charge is 0.359 e. The first kappa shape index (κ1) is 23.0. The minimum atomic E-state index is -3.69. The van der Waals surface area contributed by atoms with Gasteiger partial charge >= 0.3 is 0 Å². The Kier molecular flexibility index (Phi) is 6.40. The topological polar surface area (TPSA) is 64.7 Å². The Hall–Kier alpha value is -2.78. The lowest BCUT2D eigenvalue weighted by atomic mass is 10.0. The summed E-state index contributed by atoms with van der Waals surface area (Å²) in [4.78, 5) is 4.83. The van der Waals surface area contributed by atoms with E-state index < -0.39 is 10.0 Å². The van der Waals surface area contributed by atoms with Crippen LogP contribution in [0.4, 0.5) is 0 Å². The average molecular weight is 493 g/mol. The van der Waals surface area contributed by atoms with Crippen molar-refractivity contribution in [1.82, 2.24) is 19.8 Å². The monoisotopic (exact) mass is 492 g/mol. The number of nitrogens with one attached hydrogen (secondary N) is 2. The van der Waals surface area contributed by atoms with Crippen LogP contribution in [-0.2, 0) is 10.0 Å². The Bertz CT molecular complexity index is 1310. The third-order valence-corrected chi connectivity index (χ3v) is 8.53. The number of rotatable bonds is 6. The van der Waals surface area contributed by atoms with Gasteiger partial charge in [-0.05, 0) is 46.2 Å². The van der Waals surface area contributed by atoms with Crippen molar-refractivity contribution in [1.29, 1.82) is 0 Å². The van der Waals surface area contributed by atoms with Crippen LogP contribution in [-0.4, -0.2) is 56.1 Å². The molecule has 2 atom stereocenters. The fourth-order valence-electron chi connectivity index (χ4n) is 5.10. The van der Waals surface area contributed by atoms with Crippen molar-refractivity contribution in [2.24, 2.45) is 0 Å². The highest BCUT2D eigenvalue weighted by Gasteiger charge is 2.41. The summed E-state index contributed by atoms with van der Waals surface area (Å²) in [7, 11) is -3.69. The van der Waals surface area contributed by atoms with Crippen molar-refractivity contribution >= 4 is 38.1 Å². The molecule has 6 nitrogen and oxygen atoms in total. The average Bonchev–Trinajstić information content (AvgIpc) is 3.17. The summed E-state index contributed by atoms with van der Waals surface area (Å²) in [5, 5.41) is 6.23. The Morgan fingerprint density at radius 1 is 0.971 bits per heavy atom. The molecule has 34 heavy (non-hydrogen) atoms. The summed E-state index contributed by atoms with van der Waals surface area (Å²) in [5.41, 5.74) is 2.21. The number of sulfonamides is 1. The van der Waals surface area contributed by atoms with E-state index in [0.29, 0.717) is 6.54 Å². The van der Waals surface area contributed by atoms with Gasteiger partial charge in [0.15, 0.2) is 5.11 Å². The highest BCUT2D eigenvalue weighted by Crippen LogP contribution is 2.47. The van der Waals surface area contributed by atoms with E-state index in [2.05, 4.69) is 56.7 Å². The van der Waals surface area contributed by atoms with Gasteiger partial charge in [0.1, 0.15) is 0 Å². The zero-order valence-electron chi connectivity index (χ0n) is 18.9. The van der Waals surface area contributed by atoms with E-state index in [-0.39, 0.29) is 17.0 Å². The van der Waals surface area contributed by atoms with Crippen LogP contribution in [0.2, 0.25) is 0 Å². The van der Waals surface area contributed by atoms with Gasteiger partial charge in [0.05, 0.1) is 17.0 Å². The van der Waals surface area contributed by atoms with E-state index >= 15 is 0 Å². The molecule has 1 aliphatic heterocycles. The second kappa shape index (κ2) is 9.46. The fourth-order valence-corrected chi connectivity index (χ4v) is 6.61. The molecule has 2 N–H and O–H groups in total. The molecule has 0 bridgehead atoms. The maximum atomic E-state index is 13.4. The number of thiocarbonyl (C=S) groups is 1. The Morgan fingerprint density at radius 2 is 1.65 bits per heavy atom. The van der Waals surface area contributed by atoms with Crippen molar-refractivity contribution < 1.29 is 8.42 Å². The molecule has 0 saturated carbocycles. The second-order valence-electron chi connectivity index (χ2n) is 8.65. The van der Waals surface area contributed by atoms with E-state index in [1.54, 1.807) is 30.3 Å². The molecule has 0 unspecified atom stereocenters. The molecule has 0 spiro atoms. The molecule has 0 amide bonds. The van der Waals surface area contributed by atoms with Crippen LogP contribution >= 0.6 is 12.2 Å². The van der Waals surface area contributed by atoms with E-state index in [1.807, 2.05) is 12.1 Å². The van der Waals surface area contributed by atoms with Gasteiger partial charge in [-0.15, -0.1) is 6.58 Å². The molecular formula is C26H28N4O2S2. The molecule has 1 saturated heterocycles. The predicted molar refractivity (Wildman–Crippen MR) is 140 cm³/mol. The first-order chi connectivity index (χ1) is 16.5. The maximum absolute atomic E-state index is 13.4. The highest BCUT2D eigenvalue weighted by molar-refractivity contribution is 7.89. The first-order valence-corrected chi connectivity index (χ1v) is 13.4. The molecule has 2 aliphatic rings. The van der Waals surface area contributed by atoms with E-state index in [0.717, 1.165) is 47.6 Å². The lowest BCUT2D eigenvalue weighted by Gasteiger charge is -2.41. The molecule has 1 heterocycles. The minimum Gasteiger partial charge on any atom is -0.359 e. The van der Waals surface area contributed by atoms with E-state index in [4.69, 9.17) is 12.2 Å². The Morgan fingerprint density at radius 3 is 2.32 bits per heavy atom. The van der Waals surface area contributed by atoms with Gasteiger partial charge in [0, 0.05) is 32.7 Å². The summed E-state index contributed by atoms with van der Waals surface area (Å²) < 4.78 is 29.8. The van der Waals surface area contributed by atoms with Crippen molar-refractivity contribution in [2.45, 2.75) is 17.0 Å². The molecule has 1 aliphatic carbocycles. The Labute approximate surface area is 206 Å². The summed E-state index contributed by atoms with van der Waals surface area (Å²) in [5.74, 6) is 0. The van der Waals surface area contributed by atoms with Crippen LogP contribution in [0, 0.1) is 0 Å². The molecule has 3 aromatic carbocycles. The first-order valence-electron chi connectivity index (χ1n) is 11.5. The molecule has 176 valence electrons. The van der Waals surface area contributed by atoms with Crippen LogP contribution in [0.25, 0.3) is 10.8 Å². The van der Waals surface area contributed by atoms with Gasteiger partial charge in [-0.3, -0.25) is 4.90 Å². The molecule has 1 fully saturated rings. The third-order valence-electron chi connectivity index (χ3n) is 6.67. The number of nitrogens with zero attached hydrogens (tertiary/aromatic N) is 2. The SMILES string of the molecule is C=CCNC(=S)N1CCN([C@H]2c3cccc4cccc(c34)[C@@H]2NS(=O)(=O)c2ccccc2)CC1. The highest BCUT2D eigenvalue weighted by atomic mass is 32.2. The minimum absolute atomic E-state index is 0.0866. The summed E-state index contributed by atoms with van der Waals surface area (Å²) in [6.07, 6.45) is 1.79. The van der Waals surface area contributed by atoms with Gasteiger partial charge < -0.3 is 10.2 Å². The van der Waals surface area contributed by atoms with Gasteiger partial charge in [-0.2, -0.15) is 0 Å². The van der Waals surface area contributed by atoms with Gasteiger partial charge in [-0.1, -0.05) is 60.7 Å². The molecule has 0 radical (unpaired) electrons. The molecule has 0 aromatic heterocycles. The maximum Gasteiger partial charge on any atom is 0.241 e. The van der Waals surface area contributed by atoms with Gasteiger partial charge in [-0.25, -0.2) is 13.1 Å². The van der Waals surface area contributed by atoms with E-state index in [9.17, 15) is 8.42 Å². The molecular weight excluding hydrogens is 464 g/mol. The quantitative estimate of drug-likeness (QED) is 0.405. The summed E-state index contributed by atoms with van der Waals surface area (Å²) in [6.45, 7) is 7.51. The number of hydrogen-bond donors (Lipinski definition) is 2. The summed E-state index contributed by atoms with van der Waals surface area (Å²) >= 11 is 5.53. The van der Waals surface area contributed by atoms with Crippen LogP contribution < -0.4 is 10.0 Å². The lowest BCUT2D eigenvalue weighted by molar-refractivity contribution is 0.116. The summed E-state index contributed by atoms with van der Waals surface area (Å²) in [6, 6.07) is 20.6. The van der Waals surface area contributed by atoms with Crippen LogP contribution in [0.1, 0.15) is 23.2 Å². The second-order valence-corrected chi connectivity index (χ2v) is 10.7. The Balaban J connectivity index is 1.46. The van der Waals surface area contributed by atoms with Gasteiger partial charge in [0.25, 0.3) is 0 Å². The zero-order chi connectivity index (χ0) is 23.7. The fraction of sp³-hybridized carbons (Fsp3) is 0.269. The molecule has 3 aromatic rings. The van der Waals surface area contributed by atoms with E-state index in [1.165, 1.54) is 5.56 Å². The van der Waals surface area contributed by atoms with Crippen molar-refractivity contribution in [3.05, 3.63) is 90.5 Å². The van der Waals surface area contributed by atoms with Crippen LogP contribution in [0.15, 0.2) is 84.3 Å².